The summed E-state index contributed by atoms with van der Waals surface area (Å²) >= 11 is 3.48. The van der Waals surface area contributed by atoms with E-state index in [-0.39, 0.29) is 0 Å². The van der Waals surface area contributed by atoms with Crippen LogP contribution in [0.2, 0.25) is 0 Å². The Morgan fingerprint density at radius 2 is 1.90 bits per heavy atom. The number of piperazine rings is 1. The molecule has 1 fully saturated rings. The van der Waals surface area contributed by atoms with E-state index >= 15 is 0 Å². The van der Waals surface area contributed by atoms with Crippen LogP contribution in [0.15, 0.2) is 22.7 Å². The first-order chi connectivity index (χ1) is 9.40. The first-order valence-electron chi connectivity index (χ1n) is 6.40. The number of hydrogen-bond donors (Lipinski definition) is 0. The zero-order chi connectivity index (χ0) is 14.8. The number of hydrogen-bond acceptors (Lipinski definition) is 4. The molecule has 2 rings (SSSR count). The molecule has 0 unspecified atom stereocenters. The molecule has 0 atom stereocenters. The van der Waals surface area contributed by atoms with Crippen LogP contribution < -0.4 is 4.74 Å². The van der Waals surface area contributed by atoms with Gasteiger partial charge in [-0.25, -0.2) is 8.42 Å². The molecule has 0 spiro atoms. The SMILES string of the molecule is COc1ccc(CN2CCN(S(C)(=O)=O)CC2)cc1Br. The van der Waals surface area contributed by atoms with Crippen molar-refractivity contribution in [2.24, 2.45) is 0 Å². The van der Waals surface area contributed by atoms with Crippen LogP contribution in [0.5, 0.6) is 5.75 Å². The summed E-state index contributed by atoms with van der Waals surface area (Å²) in [6, 6.07) is 6.01. The average Bonchev–Trinajstić information content (AvgIpc) is 2.38. The van der Waals surface area contributed by atoms with Gasteiger partial charge in [-0.1, -0.05) is 6.07 Å². The minimum Gasteiger partial charge on any atom is -0.496 e. The summed E-state index contributed by atoms with van der Waals surface area (Å²) in [4.78, 5) is 2.26. The highest BCUT2D eigenvalue weighted by molar-refractivity contribution is 9.10. The predicted molar refractivity (Wildman–Crippen MR) is 82.4 cm³/mol. The highest BCUT2D eigenvalue weighted by Gasteiger charge is 2.23. The summed E-state index contributed by atoms with van der Waals surface area (Å²) < 4.78 is 30.6. The van der Waals surface area contributed by atoms with Gasteiger partial charge < -0.3 is 4.74 Å². The Labute approximate surface area is 128 Å². The van der Waals surface area contributed by atoms with Gasteiger partial charge in [0.15, 0.2) is 0 Å². The van der Waals surface area contributed by atoms with Gasteiger partial charge in [-0.2, -0.15) is 4.31 Å². The van der Waals surface area contributed by atoms with Gasteiger partial charge in [0.05, 0.1) is 17.8 Å². The molecule has 0 aliphatic carbocycles. The van der Waals surface area contributed by atoms with Gasteiger partial charge in [-0.15, -0.1) is 0 Å². The lowest BCUT2D eigenvalue weighted by Gasteiger charge is -2.33. The van der Waals surface area contributed by atoms with Gasteiger partial charge in [0.2, 0.25) is 10.0 Å². The Hall–Kier alpha value is -0.630. The fraction of sp³-hybridized carbons (Fsp3) is 0.538. The Morgan fingerprint density at radius 3 is 2.40 bits per heavy atom. The predicted octanol–water partition coefficient (Wildman–Crippen LogP) is 1.53. The average molecular weight is 363 g/mol. The molecule has 7 heteroatoms. The smallest absolute Gasteiger partial charge is 0.211 e. The Balaban J connectivity index is 1.94. The zero-order valence-corrected chi connectivity index (χ0v) is 14.1. The largest absolute Gasteiger partial charge is 0.496 e. The molecular formula is C13H19BrN2O3S. The molecular weight excluding hydrogens is 344 g/mol. The van der Waals surface area contributed by atoms with Crippen LogP contribution in [0.1, 0.15) is 5.56 Å². The molecule has 1 aromatic carbocycles. The third-order valence-corrected chi connectivity index (χ3v) is 5.35. The monoisotopic (exact) mass is 362 g/mol. The molecule has 0 aromatic heterocycles. The van der Waals surface area contributed by atoms with Gasteiger partial charge in [0, 0.05) is 32.7 Å². The van der Waals surface area contributed by atoms with Crippen molar-refractivity contribution in [2.45, 2.75) is 6.54 Å². The summed E-state index contributed by atoms with van der Waals surface area (Å²) in [5, 5.41) is 0. The third-order valence-electron chi connectivity index (χ3n) is 3.42. The highest BCUT2D eigenvalue weighted by Crippen LogP contribution is 2.26. The van der Waals surface area contributed by atoms with Crippen molar-refractivity contribution < 1.29 is 13.2 Å². The van der Waals surface area contributed by atoms with Crippen molar-refractivity contribution in [2.75, 3.05) is 39.5 Å². The Bertz CT molecular complexity index is 569. The third kappa shape index (κ3) is 3.94. The number of ether oxygens (including phenoxy) is 1. The second-order valence-electron chi connectivity index (χ2n) is 4.91. The van der Waals surface area contributed by atoms with Gasteiger partial charge >= 0.3 is 0 Å². The van der Waals surface area contributed by atoms with E-state index in [0.29, 0.717) is 13.1 Å². The van der Waals surface area contributed by atoms with Crippen LogP contribution in [-0.4, -0.2) is 57.2 Å². The maximum atomic E-state index is 11.5. The van der Waals surface area contributed by atoms with Crippen molar-refractivity contribution in [1.82, 2.24) is 9.21 Å². The molecule has 112 valence electrons. The second-order valence-corrected chi connectivity index (χ2v) is 7.74. The van der Waals surface area contributed by atoms with E-state index in [4.69, 9.17) is 4.74 Å². The van der Waals surface area contributed by atoms with Gasteiger partial charge in [0.25, 0.3) is 0 Å². The molecule has 0 N–H and O–H groups in total. The lowest BCUT2D eigenvalue weighted by molar-refractivity contribution is 0.182. The van der Waals surface area contributed by atoms with E-state index in [1.807, 2.05) is 18.2 Å². The lowest BCUT2D eigenvalue weighted by atomic mass is 10.2. The Kier molecular flexibility index (Phi) is 5.06. The first-order valence-corrected chi connectivity index (χ1v) is 9.04. The molecule has 1 saturated heterocycles. The maximum Gasteiger partial charge on any atom is 0.211 e. The van der Waals surface area contributed by atoms with E-state index in [9.17, 15) is 8.42 Å². The van der Waals surface area contributed by atoms with E-state index in [2.05, 4.69) is 20.8 Å². The molecule has 1 aromatic rings. The quantitative estimate of drug-likeness (QED) is 0.814. The molecule has 20 heavy (non-hydrogen) atoms. The molecule has 1 heterocycles. The number of benzene rings is 1. The summed E-state index contributed by atoms with van der Waals surface area (Å²) in [5.74, 6) is 0.815. The minimum atomic E-state index is -3.06. The number of halogens is 1. The van der Waals surface area contributed by atoms with Crippen LogP contribution in [-0.2, 0) is 16.6 Å². The molecule has 5 nitrogen and oxygen atoms in total. The Morgan fingerprint density at radius 1 is 1.25 bits per heavy atom. The van der Waals surface area contributed by atoms with Crippen molar-refractivity contribution in [3.8, 4) is 5.75 Å². The standard InChI is InChI=1S/C13H19BrN2O3S/c1-19-13-4-3-11(9-12(13)14)10-15-5-7-16(8-6-15)20(2,17)18/h3-4,9H,5-8,10H2,1-2H3. The van der Waals surface area contributed by atoms with Crippen LogP contribution in [0.4, 0.5) is 0 Å². The zero-order valence-electron chi connectivity index (χ0n) is 11.7. The molecule has 1 aliphatic rings. The van der Waals surface area contributed by atoms with Gasteiger partial charge in [-0.3, -0.25) is 4.90 Å². The van der Waals surface area contributed by atoms with Gasteiger partial charge in [-0.05, 0) is 33.6 Å². The van der Waals surface area contributed by atoms with E-state index in [1.54, 1.807) is 7.11 Å². The summed E-state index contributed by atoms with van der Waals surface area (Å²) in [6.45, 7) is 3.47. The van der Waals surface area contributed by atoms with Crippen molar-refractivity contribution >= 4 is 26.0 Å². The number of nitrogens with zero attached hydrogens (tertiary/aromatic N) is 2. The second kappa shape index (κ2) is 6.43. The van der Waals surface area contributed by atoms with Crippen LogP contribution in [0.25, 0.3) is 0 Å². The molecule has 0 bridgehead atoms. The summed E-state index contributed by atoms with van der Waals surface area (Å²) in [5.41, 5.74) is 1.19. The number of sulfonamides is 1. The number of rotatable bonds is 4. The molecule has 0 saturated carbocycles. The van der Waals surface area contributed by atoms with Crippen LogP contribution >= 0.6 is 15.9 Å². The van der Waals surface area contributed by atoms with E-state index in [0.717, 1.165) is 29.9 Å². The van der Waals surface area contributed by atoms with E-state index < -0.39 is 10.0 Å². The summed E-state index contributed by atoms with van der Waals surface area (Å²) in [6.07, 6.45) is 1.27. The van der Waals surface area contributed by atoms with Crippen molar-refractivity contribution in [3.63, 3.8) is 0 Å². The molecule has 1 aliphatic heterocycles. The number of methoxy groups -OCH3 is 1. The van der Waals surface area contributed by atoms with Crippen LogP contribution in [0.3, 0.4) is 0 Å². The fourth-order valence-corrected chi connectivity index (χ4v) is 3.70. The summed E-state index contributed by atoms with van der Waals surface area (Å²) in [7, 11) is -1.41. The van der Waals surface area contributed by atoms with Crippen molar-refractivity contribution in [3.05, 3.63) is 28.2 Å². The fourth-order valence-electron chi connectivity index (χ4n) is 2.29. The minimum absolute atomic E-state index is 0.566. The maximum absolute atomic E-state index is 11.5. The molecule has 0 radical (unpaired) electrons. The lowest BCUT2D eigenvalue weighted by Crippen LogP contribution is -2.47. The van der Waals surface area contributed by atoms with Crippen LogP contribution in [0, 0.1) is 0 Å². The highest BCUT2D eigenvalue weighted by atomic mass is 79.9. The van der Waals surface area contributed by atoms with Crippen molar-refractivity contribution in [1.29, 1.82) is 0 Å². The topological polar surface area (TPSA) is 49.9 Å². The molecule has 0 amide bonds. The van der Waals surface area contributed by atoms with Gasteiger partial charge in [0.1, 0.15) is 5.75 Å². The normalized spacial score (nSPS) is 18.1. The first kappa shape index (κ1) is 15.8. The van der Waals surface area contributed by atoms with E-state index in [1.165, 1.54) is 16.1 Å².